The molecule has 0 bridgehead atoms. The average molecular weight is 365 g/mol. The van der Waals surface area contributed by atoms with Crippen molar-refractivity contribution in [2.75, 3.05) is 19.7 Å². The van der Waals surface area contributed by atoms with Gasteiger partial charge in [-0.05, 0) is 43.4 Å². The number of rotatable bonds is 4. The van der Waals surface area contributed by atoms with Crippen molar-refractivity contribution in [2.24, 2.45) is 0 Å². The summed E-state index contributed by atoms with van der Waals surface area (Å²) in [4.78, 5) is 26.8. The highest BCUT2D eigenvalue weighted by Gasteiger charge is 2.48. The number of carbonyl (C=O) groups is 2. The fraction of sp³-hybridized carbons (Fsp3) is 0.364. The summed E-state index contributed by atoms with van der Waals surface area (Å²) in [6, 6.07) is 14.8. The zero-order chi connectivity index (χ0) is 18.9. The van der Waals surface area contributed by atoms with Crippen molar-refractivity contribution in [2.45, 2.75) is 31.1 Å². The van der Waals surface area contributed by atoms with Crippen LogP contribution in [-0.4, -0.2) is 41.6 Å². The van der Waals surface area contributed by atoms with Crippen LogP contribution in [0.25, 0.3) is 0 Å². The summed E-state index contributed by atoms with van der Waals surface area (Å²) in [6.45, 7) is 1.64. The molecule has 5 nitrogen and oxygen atoms in total. The van der Waals surface area contributed by atoms with Crippen molar-refractivity contribution < 1.29 is 19.4 Å². The van der Waals surface area contributed by atoms with E-state index in [0.717, 1.165) is 37.9 Å². The van der Waals surface area contributed by atoms with E-state index in [4.69, 9.17) is 4.74 Å². The van der Waals surface area contributed by atoms with Crippen molar-refractivity contribution in [3.8, 4) is 5.75 Å². The Bertz CT molecular complexity index is 858. The van der Waals surface area contributed by atoms with Crippen LogP contribution >= 0.6 is 0 Å². The van der Waals surface area contributed by atoms with Gasteiger partial charge in [0.2, 0.25) is 0 Å². The summed E-state index contributed by atoms with van der Waals surface area (Å²) in [5.74, 6) is -0.395. The van der Waals surface area contributed by atoms with Gasteiger partial charge in [-0.25, -0.2) is 0 Å². The number of hydrogen-bond acceptors (Lipinski definition) is 3. The standard InChI is InChI=1S/C22H23NO4/c24-20(23-11-5-2-6-12-23)17-9-10-18-19(13-17)27-15-22(18,21(25)26)14-16-7-3-1-4-8-16/h1,3-4,7-10,13H,2,5-6,11-12,14-15H2,(H,25,26). The number of nitrogens with zero attached hydrogens (tertiary/aromatic N) is 1. The number of carboxylic acids is 1. The second kappa shape index (κ2) is 7.06. The molecule has 1 amide bonds. The Morgan fingerprint density at radius 1 is 1.04 bits per heavy atom. The molecule has 2 aromatic rings. The van der Waals surface area contributed by atoms with Crippen LogP contribution in [0.5, 0.6) is 5.75 Å². The minimum atomic E-state index is -1.12. The van der Waals surface area contributed by atoms with Crippen molar-refractivity contribution in [1.82, 2.24) is 4.90 Å². The number of likely N-dealkylation sites (tertiary alicyclic amines) is 1. The molecule has 4 rings (SSSR count). The largest absolute Gasteiger partial charge is 0.492 e. The highest BCUT2D eigenvalue weighted by molar-refractivity contribution is 5.95. The molecule has 1 N–H and O–H groups in total. The first-order valence-electron chi connectivity index (χ1n) is 9.44. The summed E-state index contributed by atoms with van der Waals surface area (Å²) >= 11 is 0. The summed E-state index contributed by atoms with van der Waals surface area (Å²) in [5, 5.41) is 10.00. The first kappa shape index (κ1) is 17.6. The number of carbonyl (C=O) groups excluding carboxylic acids is 1. The van der Waals surface area contributed by atoms with Crippen LogP contribution in [-0.2, 0) is 16.6 Å². The Morgan fingerprint density at radius 3 is 2.48 bits per heavy atom. The average Bonchev–Trinajstić information content (AvgIpc) is 3.08. The third-order valence-corrected chi connectivity index (χ3v) is 5.62. The molecule has 0 saturated carbocycles. The summed E-state index contributed by atoms with van der Waals surface area (Å²) in [5.41, 5.74) is 1.04. The predicted molar refractivity (Wildman–Crippen MR) is 101 cm³/mol. The molecule has 2 aliphatic heterocycles. The number of ether oxygens (including phenoxy) is 1. The second-order valence-electron chi connectivity index (χ2n) is 7.40. The van der Waals surface area contributed by atoms with E-state index >= 15 is 0 Å². The van der Waals surface area contributed by atoms with Crippen LogP contribution in [0.4, 0.5) is 0 Å². The lowest BCUT2D eigenvalue weighted by molar-refractivity contribution is -0.144. The fourth-order valence-corrected chi connectivity index (χ4v) is 4.07. The SMILES string of the molecule is O=C(c1ccc2c(c1)OCC2(Cc1ccccc1)C(=O)O)N1CCCCC1. The van der Waals surface area contributed by atoms with E-state index in [1.54, 1.807) is 18.2 Å². The van der Waals surface area contributed by atoms with Gasteiger partial charge in [0.25, 0.3) is 5.91 Å². The van der Waals surface area contributed by atoms with Gasteiger partial charge in [0.15, 0.2) is 0 Å². The smallest absolute Gasteiger partial charge is 0.318 e. The molecule has 2 aliphatic rings. The zero-order valence-electron chi connectivity index (χ0n) is 15.2. The van der Waals surface area contributed by atoms with E-state index in [9.17, 15) is 14.7 Å². The molecule has 140 valence electrons. The molecule has 2 aromatic carbocycles. The van der Waals surface area contributed by atoms with Gasteiger partial charge >= 0.3 is 5.97 Å². The van der Waals surface area contributed by atoms with Gasteiger partial charge in [-0.15, -0.1) is 0 Å². The third-order valence-electron chi connectivity index (χ3n) is 5.62. The molecule has 2 heterocycles. The monoisotopic (exact) mass is 365 g/mol. The Morgan fingerprint density at radius 2 is 1.78 bits per heavy atom. The summed E-state index contributed by atoms with van der Waals surface area (Å²) in [6.07, 6.45) is 3.59. The first-order valence-corrected chi connectivity index (χ1v) is 9.44. The Hall–Kier alpha value is -2.82. The summed E-state index contributed by atoms with van der Waals surface area (Å²) < 4.78 is 5.77. The van der Waals surface area contributed by atoms with E-state index in [2.05, 4.69) is 0 Å². The van der Waals surface area contributed by atoms with Crippen molar-refractivity contribution in [3.63, 3.8) is 0 Å². The molecule has 0 aromatic heterocycles. The molecule has 0 radical (unpaired) electrons. The van der Waals surface area contributed by atoms with Gasteiger partial charge in [-0.3, -0.25) is 9.59 Å². The minimum absolute atomic E-state index is 0.00279. The normalized spacial score (nSPS) is 21.4. The topological polar surface area (TPSA) is 66.8 Å². The maximum Gasteiger partial charge on any atom is 0.318 e. The Balaban J connectivity index is 1.64. The van der Waals surface area contributed by atoms with E-state index in [1.807, 2.05) is 35.2 Å². The number of hydrogen-bond donors (Lipinski definition) is 1. The van der Waals surface area contributed by atoms with Crippen LogP contribution in [0, 0.1) is 0 Å². The van der Waals surface area contributed by atoms with Crippen LogP contribution in [0.1, 0.15) is 40.7 Å². The predicted octanol–water partition coefficient (Wildman–Crippen LogP) is 3.27. The zero-order valence-corrected chi connectivity index (χ0v) is 15.2. The first-order chi connectivity index (χ1) is 13.1. The van der Waals surface area contributed by atoms with E-state index < -0.39 is 11.4 Å². The van der Waals surface area contributed by atoms with Crippen LogP contribution < -0.4 is 4.74 Å². The van der Waals surface area contributed by atoms with E-state index in [-0.39, 0.29) is 12.5 Å². The third kappa shape index (κ3) is 3.18. The number of piperidine rings is 1. The van der Waals surface area contributed by atoms with Gasteiger partial charge in [0, 0.05) is 24.2 Å². The molecule has 1 fully saturated rings. The Kier molecular flexibility index (Phi) is 4.60. The number of amides is 1. The van der Waals surface area contributed by atoms with Gasteiger partial charge in [-0.2, -0.15) is 0 Å². The highest BCUT2D eigenvalue weighted by Crippen LogP contribution is 2.42. The lowest BCUT2D eigenvalue weighted by Gasteiger charge is -2.27. The lowest BCUT2D eigenvalue weighted by atomic mass is 9.77. The molecule has 27 heavy (non-hydrogen) atoms. The number of carboxylic acid groups (broad SMARTS) is 1. The molecule has 1 unspecified atom stereocenters. The van der Waals surface area contributed by atoms with E-state index in [0.29, 0.717) is 23.3 Å². The maximum atomic E-state index is 12.7. The fourth-order valence-electron chi connectivity index (χ4n) is 4.07. The maximum absolute atomic E-state index is 12.7. The van der Waals surface area contributed by atoms with Gasteiger partial charge in [0.05, 0.1) is 0 Å². The molecule has 5 heteroatoms. The number of fused-ring (bicyclic) bond motifs is 1. The van der Waals surface area contributed by atoms with Gasteiger partial charge in [-0.1, -0.05) is 36.4 Å². The minimum Gasteiger partial charge on any atom is -0.492 e. The molecule has 1 atom stereocenters. The molecule has 0 spiro atoms. The Labute approximate surface area is 158 Å². The van der Waals surface area contributed by atoms with Crippen molar-refractivity contribution >= 4 is 11.9 Å². The summed E-state index contributed by atoms with van der Waals surface area (Å²) in [7, 11) is 0. The molecule has 0 aliphatic carbocycles. The second-order valence-corrected chi connectivity index (χ2v) is 7.40. The number of aliphatic carboxylic acids is 1. The van der Waals surface area contributed by atoms with Gasteiger partial charge in [0.1, 0.15) is 17.8 Å². The van der Waals surface area contributed by atoms with Crippen LogP contribution in [0.3, 0.4) is 0 Å². The lowest BCUT2D eigenvalue weighted by Crippen LogP contribution is -2.39. The van der Waals surface area contributed by atoms with Gasteiger partial charge < -0.3 is 14.7 Å². The number of benzene rings is 2. The van der Waals surface area contributed by atoms with Crippen molar-refractivity contribution in [1.29, 1.82) is 0 Å². The van der Waals surface area contributed by atoms with Crippen LogP contribution in [0.2, 0.25) is 0 Å². The molecular formula is C22H23NO4. The van der Waals surface area contributed by atoms with Crippen molar-refractivity contribution in [3.05, 3.63) is 65.2 Å². The quantitative estimate of drug-likeness (QED) is 0.903. The highest BCUT2D eigenvalue weighted by atomic mass is 16.5. The van der Waals surface area contributed by atoms with E-state index in [1.165, 1.54) is 0 Å². The van der Waals surface area contributed by atoms with Crippen LogP contribution in [0.15, 0.2) is 48.5 Å². The molecule has 1 saturated heterocycles. The molecular weight excluding hydrogens is 342 g/mol.